The Hall–Kier alpha value is -2.27. The number of benzene rings is 2. The molecule has 24 heavy (non-hydrogen) atoms. The van der Waals surface area contributed by atoms with Crippen molar-refractivity contribution in [1.82, 2.24) is 10.1 Å². The zero-order valence-corrected chi connectivity index (χ0v) is 15.1. The van der Waals surface area contributed by atoms with Gasteiger partial charge in [-0.3, -0.25) is 4.21 Å². The van der Waals surface area contributed by atoms with E-state index in [1.54, 1.807) is 6.26 Å². The molecule has 3 aromatic rings. The van der Waals surface area contributed by atoms with Crippen LogP contribution in [0.3, 0.4) is 0 Å². The fourth-order valence-corrected chi connectivity index (χ4v) is 3.20. The average Bonchev–Trinajstić information content (AvgIpc) is 3.04. The van der Waals surface area contributed by atoms with Crippen LogP contribution in [0.25, 0.3) is 22.8 Å². The maximum Gasteiger partial charge on any atom is 0.259 e. The lowest BCUT2D eigenvalue weighted by molar-refractivity contribution is 0.431. The molecule has 0 saturated carbocycles. The van der Waals surface area contributed by atoms with Crippen LogP contribution in [0.4, 0.5) is 0 Å². The van der Waals surface area contributed by atoms with Crippen molar-refractivity contribution in [2.45, 2.75) is 31.1 Å². The first-order valence-electron chi connectivity index (χ1n) is 7.74. The van der Waals surface area contributed by atoms with E-state index in [9.17, 15) is 4.21 Å². The molecule has 0 N–H and O–H groups in total. The summed E-state index contributed by atoms with van der Waals surface area (Å²) >= 11 is 0. The van der Waals surface area contributed by atoms with E-state index >= 15 is 0 Å². The van der Waals surface area contributed by atoms with Gasteiger partial charge < -0.3 is 4.52 Å². The summed E-state index contributed by atoms with van der Waals surface area (Å²) in [7, 11) is -1.12. The summed E-state index contributed by atoms with van der Waals surface area (Å²) in [5, 5.41) is 4.07. The molecule has 124 valence electrons. The normalized spacial score (nSPS) is 13.0. The Morgan fingerprint density at radius 1 is 1.00 bits per heavy atom. The average molecular weight is 340 g/mol. The molecule has 0 aliphatic heterocycles. The van der Waals surface area contributed by atoms with Crippen LogP contribution in [0.1, 0.15) is 26.3 Å². The van der Waals surface area contributed by atoms with Crippen molar-refractivity contribution in [3.05, 3.63) is 54.1 Å². The van der Waals surface area contributed by atoms with Gasteiger partial charge in [0.1, 0.15) is 0 Å². The molecule has 0 aliphatic rings. The predicted molar refractivity (Wildman–Crippen MR) is 96.2 cm³/mol. The van der Waals surface area contributed by atoms with Crippen molar-refractivity contribution in [1.29, 1.82) is 0 Å². The summed E-state index contributed by atoms with van der Waals surface area (Å²) < 4.78 is 17.3. The standard InChI is InChI=1S/C19H20N2O2S/c1-19(2,3)14-11-9-13(10-12-14)17-20-18(23-21-17)15-7-5-6-8-16(15)24(4)22/h5-12H,1-4H3. The van der Waals surface area contributed by atoms with Crippen LogP contribution in [0, 0.1) is 0 Å². The van der Waals surface area contributed by atoms with E-state index in [1.165, 1.54) is 5.56 Å². The molecule has 0 radical (unpaired) electrons. The minimum Gasteiger partial charge on any atom is -0.334 e. The maximum atomic E-state index is 11.9. The zero-order valence-electron chi connectivity index (χ0n) is 14.2. The van der Waals surface area contributed by atoms with Crippen molar-refractivity contribution in [2.75, 3.05) is 6.26 Å². The summed E-state index contributed by atoms with van der Waals surface area (Å²) in [4.78, 5) is 5.16. The van der Waals surface area contributed by atoms with Gasteiger partial charge in [0.05, 0.1) is 21.3 Å². The quantitative estimate of drug-likeness (QED) is 0.707. The second-order valence-electron chi connectivity index (χ2n) is 6.70. The van der Waals surface area contributed by atoms with Crippen LogP contribution in [-0.4, -0.2) is 20.6 Å². The van der Waals surface area contributed by atoms with E-state index < -0.39 is 10.8 Å². The van der Waals surface area contributed by atoms with Crippen molar-refractivity contribution < 1.29 is 8.73 Å². The SMILES string of the molecule is CS(=O)c1ccccc1-c1nc(-c2ccc(C(C)(C)C)cc2)no1. The smallest absolute Gasteiger partial charge is 0.259 e. The van der Waals surface area contributed by atoms with Gasteiger partial charge >= 0.3 is 0 Å². The minimum atomic E-state index is -1.12. The molecule has 5 heteroatoms. The van der Waals surface area contributed by atoms with E-state index in [-0.39, 0.29) is 5.41 Å². The summed E-state index contributed by atoms with van der Waals surface area (Å²) in [6.45, 7) is 6.53. The number of hydrogen-bond acceptors (Lipinski definition) is 4. The molecule has 1 aromatic heterocycles. The van der Waals surface area contributed by atoms with Crippen LogP contribution in [0.15, 0.2) is 57.9 Å². The van der Waals surface area contributed by atoms with Crippen molar-refractivity contribution in [3.63, 3.8) is 0 Å². The Kier molecular flexibility index (Phi) is 4.37. The van der Waals surface area contributed by atoms with Gasteiger partial charge in [0.25, 0.3) is 5.89 Å². The largest absolute Gasteiger partial charge is 0.334 e. The first-order chi connectivity index (χ1) is 11.4. The molecule has 3 rings (SSSR count). The molecule has 1 heterocycles. The molecule has 0 bridgehead atoms. The topological polar surface area (TPSA) is 56.0 Å². The summed E-state index contributed by atoms with van der Waals surface area (Å²) in [6.07, 6.45) is 1.64. The molecule has 2 aromatic carbocycles. The lowest BCUT2D eigenvalue weighted by Gasteiger charge is -2.18. The highest BCUT2D eigenvalue weighted by Crippen LogP contribution is 2.28. The van der Waals surface area contributed by atoms with Gasteiger partial charge in [-0.2, -0.15) is 4.98 Å². The van der Waals surface area contributed by atoms with Gasteiger partial charge in [-0.1, -0.05) is 62.3 Å². The van der Waals surface area contributed by atoms with Crippen molar-refractivity contribution in [2.24, 2.45) is 0 Å². The first-order valence-corrected chi connectivity index (χ1v) is 9.29. The second kappa shape index (κ2) is 6.32. The van der Waals surface area contributed by atoms with Crippen LogP contribution in [0.2, 0.25) is 0 Å². The highest BCUT2D eigenvalue weighted by atomic mass is 32.2. The molecule has 0 fully saturated rings. The molecule has 0 aliphatic carbocycles. The van der Waals surface area contributed by atoms with Crippen molar-refractivity contribution in [3.8, 4) is 22.8 Å². The van der Waals surface area contributed by atoms with Crippen LogP contribution in [-0.2, 0) is 16.2 Å². The fourth-order valence-electron chi connectivity index (χ4n) is 2.46. The molecule has 1 unspecified atom stereocenters. The predicted octanol–water partition coefficient (Wildman–Crippen LogP) is 4.44. The van der Waals surface area contributed by atoms with E-state index in [0.717, 1.165) is 5.56 Å². The van der Waals surface area contributed by atoms with E-state index in [2.05, 4.69) is 43.0 Å². The molecular formula is C19H20N2O2S. The van der Waals surface area contributed by atoms with Crippen LogP contribution < -0.4 is 0 Å². The highest BCUT2D eigenvalue weighted by Gasteiger charge is 2.17. The molecule has 4 nitrogen and oxygen atoms in total. The number of nitrogens with zero attached hydrogens (tertiary/aromatic N) is 2. The third kappa shape index (κ3) is 3.31. The van der Waals surface area contributed by atoms with Gasteiger partial charge in [0.2, 0.25) is 5.82 Å². The zero-order chi connectivity index (χ0) is 17.3. The molecule has 1 atom stereocenters. The minimum absolute atomic E-state index is 0.102. The van der Waals surface area contributed by atoms with Gasteiger partial charge in [-0.15, -0.1) is 0 Å². The molecular weight excluding hydrogens is 320 g/mol. The fraction of sp³-hybridized carbons (Fsp3) is 0.263. The Morgan fingerprint density at radius 2 is 1.67 bits per heavy atom. The monoisotopic (exact) mass is 340 g/mol. The van der Waals surface area contributed by atoms with Gasteiger partial charge in [0.15, 0.2) is 0 Å². The van der Waals surface area contributed by atoms with Crippen LogP contribution in [0.5, 0.6) is 0 Å². The number of aromatic nitrogens is 2. The third-order valence-corrected chi connectivity index (χ3v) is 4.84. The van der Waals surface area contributed by atoms with E-state index in [4.69, 9.17) is 4.52 Å². The molecule has 0 saturated heterocycles. The van der Waals surface area contributed by atoms with E-state index in [0.29, 0.717) is 22.2 Å². The number of rotatable bonds is 3. The highest BCUT2D eigenvalue weighted by molar-refractivity contribution is 7.84. The van der Waals surface area contributed by atoms with E-state index in [1.807, 2.05) is 36.4 Å². The Morgan fingerprint density at radius 3 is 2.29 bits per heavy atom. The lowest BCUT2D eigenvalue weighted by Crippen LogP contribution is -2.10. The van der Waals surface area contributed by atoms with Gasteiger partial charge in [-0.25, -0.2) is 0 Å². The lowest BCUT2D eigenvalue weighted by atomic mass is 9.87. The Bertz CT molecular complexity index is 877. The molecule has 0 spiro atoms. The Balaban J connectivity index is 1.96. The summed E-state index contributed by atoms with van der Waals surface area (Å²) in [5.74, 6) is 0.915. The first kappa shape index (κ1) is 16.6. The third-order valence-electron chi connectivity index (χ3n) is 3.86. The summed E-state index contributed by atoms with van der Waals surface area (Å²) in [6, 6.07) is 15.5. The summed E-state index contributed by atoms with van der Waals surface area (Å²) in [5.41, 5.74) is 2.96. The maximum absolute atomic E-state index is 11.9. The van der Waals surface area contributed by atoms with Gasteiger partial charge in [0, 0.05) is 11.8 Å². The number of hydrogen-bond donors (Lipinski definition) is 0. The Labute approximate surface area is 144 Å². The molecule has 0 amide bonds. The van der Waals surface area contributed by atoms with Crippen molar-refractivity contribution >= 4 is 10.8 Å². The second-order valence-corrected chi connectivity index (χ2v) is 8.05. The van der Waals surface area contributed by atoms with Crippen LogP contribution >= 0.6 is 0 Å². The van der Waals surface area contributed by atoms with Gasteiger partial charge in [-0.05, 0) is 23.1 Å².